The predicted octanol–water partition coefficient (Wildman–Crippen LogP) is 2.81. The molecule has 0 saturated carbocycles. The molecule has 0 spiro atoms. The molecule has 0 amide bonds. The highest BCUT2D eigenvalue weighted by atomic mass is 32.1. The molecule has 0 unspecified atom stereocenters. The third-order valence-electron chi connectivity index (χ3n) is 3.78. The van der Waals surface area contributed by atoms with E-state index in [2.05, 4.69) is 35.5 Å². The van der Waals surface area contributed by atoms with Crippen molar-refractivity contribution in [3.63, 3.8) is 0 Å². The Bertz CT molecular complexity index is 590. The van der Waals surface area contributed by atoms with Crippen LogP contribution in [0.1, 0.15) is 23.9 Å². The number of oxazole rings is 1. The summed E-state index contributed by atoms with van der Waals surface area (Å²) in [5.41, 5.74) is 2.31. The fourth-order valence-corrected chi connectivity index (χ4v) is 3.48. The Labute approximate surface area is 123 Å². The van der Waals surface area contributed by atoms with Gasteiger partial charge in [-0.2, -0.15) is 0 Å². The second kappa shape index (κ2) is 5.68. The van der Waals surface area contributed by atoms with Gasteiger partial charge in [0.25, 0.3) is 0 Å². The van der Waals surface area contributed by atoms with E-state index in [-0.39, 0.29) is 0 Å². The van der Waals surface area contributed by atoms with E-state index in [1.165, 1.54) is 5.56 Å². The first-order chi connectivity index (χ1) is 9.63. The van der Waals surface area contributed by atoms with Crippen LogP contribution in [-0.2, 0) is 6.54 Å². The summed E-state index contributed by atoms with van der Waals surface area (Å²) in [5, 5.41) is 5.55. The number of hydrogen-bond acceptors (Lipinski definition) is 5. The smallest absolute Gasteiger partial charge is 0.237 e. The van der Waals surface area contributed by atoms with Crippen LogP contribution in [-0.4, -0.2) is 35.6 Å². The quantitative estimate of drug-likeness (QED) is 0.944. The van der Waals surface area contributed by atoms with Gasteiger partial charge in [0.2, 0.25) is 5.89 Å². The van der Waals surface area contributed by atoms with E-state index in [0.717, 1.165) is 48.4 Å². The van der Waals surface area contributed by atoms with Gasteiger partial charge in [0.1, 0.15) is 5.76 Å². The molecule has 1 fully saturated rings. The number of aromatic nitrogens is 1. The first kappa shape index (κ1) is 13.8. The third kappa shape index (κ3) is 2.80. The molecule has 1 saturated heterocycles. The molecular weight excluding hydrogens is 270 g/mol. The molecule has 4 nitrogen and oxygen atoms in total. The van der Waals surface area contributed by atoms with Crippen molar-refractivity contribution in [1.82, 2.24) is 15.2 Å². The molecule has 1 N–H and O–H groups in total. The van der Waals surface area contributed by atoms with Crippen LogP contribution in [0.15, 0.2) is 15.9 Å². The van der Waals surface area contributed by atoms with E-state index in [4.69, 9.17) is 9.40 Å². The highest BCUT2D eigenvalue weighted by molar-refractivity contribution is 7.13. The Kier molecular flexibility index (Phi) is 3.92. The summed E-state index contributed by atoms with van der Waals surface area (Å²) in [4.78, 5) is 8.30. The van der Waals surface area contributed by atoms with Crippen molar-refractivity contribution in [1.29, 1.82) is 0 Å². The van der Waals surface area contributed by atoms with E-state index in [1.54, 1.807) is 11.3 Å². The number of nitrogens with one attached hydrogen (secondary N) is 1. The molecule has 0 aliphatic carbocycles. The lowest BCUT2D eigenvalue weighted by atomic mass is 10.2. The van der Waals surface area contributed by atoms with E-state index >= 15 is 0 Å². The molecule has 0 radical (unpaired) electrons. The average Bonchev–Trinajstić information content (AvgIpc) is 2.97. The van der Waals surface area contributed by atoms with Crippen molar-refractivity contribution in [3.05, 3.63) is 28.5 Å². The highest BCUT2D eigenvalue weighted by Crippen LogP contribution is 2.30. The fourth-order valence-electron chi connectivity index (χ4n) is 2.63. The Morgan fingerprint density at radius 1 is 1.50 bits per heavy atom. The number of thiophene rings is 1. The third-order valence-corrected chi connectivity index (χ3v) is 4.78. The van der Waals surface area contributed by atoms with E-state index in [0.29, 0.717) is 6.04 Å². The van der Waals surface area contributed by atoms with Crippen LogP contribution in [0.2, 0.25) is 0 Å². The van der Waals surface area contributed by atoms with Gasteiger partial charge >= 0.3 is 0 Å². The number of nitrogens with zero attached hydrogens (tertiary/aromatic N) is 2. The Morgan fingerprint density at radius 3 is 3.05 bits per heavy atom. The fraction of sp³-hybridized carbons (Fsp3) is 0.533. The van der Waals surface area contributed by atoms with Gasteiger partial charge in [-0.1, -0.05) is 0 Å². The van der Waals surface area contributed by atoms with Crippen molar-refractivity contribution in [2.24, 2.45) is 0 Å². The minimum Gasteiger partial charge on any atom is -0.440 e. The summed E-state index contributed by atoms with van der Waals surface area (Å²) in [7, 11) is 0. The summed E-state index contributed by atoms with van der Waals surface area (Å²) in [5.74, 6) is 1.71. The molecule has 20 heavy (non-hydrogen) atoms. The van der Waals surface area contributed by atoms with Gasteiger partial charge in [0, 0.05) is 32.2 Å². The highest BCUT2D eigenvalue weighted by Gasteiger charge is 2.20. The second-order valence-electron chi connectivity index (χ2n) is 5.54. The molecule has 1 aliphatic rings. The summed E-state index contributed by atoms with van der Waals surface area (Å²) in [6, 6.07) is 2.66. The maximum atomic E-state index is 5.87. The Balaban J connectivity index is 1.77. The minimum atomic E-state index is 0.551. The van der Waals surface area contributed by atoms with E-state index < -0.39 is 0 Å². The van der Waals surface area contributed by atoms with Crippen molar-refractivity contribution in [2.45, 2.75) is 33.4 Å². The number of hydrogen-bond donors (Lipinski definition) is 1. The lowest BCUT2D eigenvalue weighted by Gasteiger charge is -2.31. The lowest BCUT2D eigenvalue weighted by Crippen LogP contribution is -2.48. The van der Waals surface area contributed by atoms with Gasteiger partial charge in [-0.05, 0) is 37.8 Å². The first-order valence-electron chi connectivity index (χ1n) is 7.10. The maximum Gasteiger partial charge on any atom is 0.237 e. The van der Waals surface area contributed by atoms with Crippen LogP contribution >= 0.6 is 11.3 Å². The van der Waals surface area contributed by atoms with Crippen molar-refractivity contribution < 1.29 is 4.42 Å². The van der Waals surface area contributed by atoms with Crippen molar-refractivity contribution in [3.8, 4) is 10.8 Å². The lowest BCUT2D eigenvalue weighted by molar-refractivity contribution is 0.197. The summed E-state index contributed by atoms with van der Waals surface area (Å²) in [6.07, 6.45) is 0. The molecular formula is C15H21N3OS. The summed E-state index contributed by atoms with van der Waals surface area (Å²) in [6.45, 7) is 10.4. The SMILES string of the molecule is Cc1ccsc1-c1nc(CN2CCN[C@@H](C)C2)c(C)o1. The molecule has 108 valence electrons. The van der Waals surface area contributed by atoms with Gasteiger partial charge in [-0.15, -0.1) is 11.3 Å². The standard InChI is InChI=1S/C15H21N3OS/c1-10-4-7-20-14(10)15-17-13(12(3)19-15)9-18-6-5-16-11(2)8-18/h4,7,11,16H,5-6,8-9H2,1-3H3/t11-/m0/s1. The monoisotopic (exact) mass is 291 g/mol. The molecule has 3 heterocycles. The van der Waals surface area contributed by atoms with E-state index in [1.807, 2.05) is 6.92 Å². The predicted molar refractivity (Wildman–Crippen MR) is 82.0 cm³/mol. The molecule has 1 aliphatic heterocycles. The number of piperazine rings is 1. The van der Waals surface area contributed by atoms with Gasteiger partial charge in [0.05, 0.1) is 10.6 Å². The summed E-state index contributed by atoms with van der Waals surface area (Å²) >= 11 is 1.69. The van der Waals surface area contributed by atoms with Crippen LogP contribution in [0.4, 0.5) is 0 Å². The molecule has 0 aromatic carbocycles. The van der Waals surface area contributed by atoms with Crippen molar-refractivity contribution in [2.75, 3.05) is 19.6 Å². The first-order valence-corrected chi connectivity index (χ1v) is 7.98. The van der Waals surface area contributed by atoms with Crippen LogP contribution in [0, 0.1) is 13.8 Å². The zero-order valence-electron chi connectivity index (χ0n) is 12.3. The minimum absolute atomic E-state index is 0.551. The molecule has 1 atom stereocenters. The Morgan fingerprint density at radius 2 is 2.35 bits per heavy atom. The molecule has 2 aromatic rings. The largest absolute Gasteiger partial charge is 0.440 e. The second-order valence-corrected chi connectivity index (χ2v) is 6.46. The maximum absolute atomic E-state index is 5.87. The molecule has 3 rings (SSSR count). The molecule has 0 bridgehead atoms. The average molecular weight is 291 g/mol. The van der Waals surface area contributed by atoms with Crippen molar-refractivity contribution >= 4 is 11.3 Å². The van der Waals surface area contributed by atoms with Gasteiger partial charge in [-0.25, -0.2) is 4.98 Å². The van der Waals surface area contributed by atoms with Gasteiger partial charge < -0.3 is 9.73 Å². The van der Waals surface area contributed by atoms with Crippen LogP contribution in [0.5, 0.6) is 0 Å². The topological polar surface area (TPSA) is 41.3 Å². The van der Waals surface area contributed by atoms with Crippen LogP contribution in [0.3, 0.4) is 0 Å². The van der Waals surface area contributed by atoms with E-state index in [9.17, 15) is 0 Å². The molecule has 2 aromatic heterocycles. The zero-order valence-corrected chi connectivity index (χ0v) is 13.1. The van der Waals surface area contributed by atoms with Crippen LogP contribution in [0.25, 0.3) is 10.8 Å². The number of rotatable bonds is 3. The van der Waals surface area contributed by atoms with Gasteiger partial charge in [0.15, 0.2) is 0 Å². The normalized spacial score (nSPS) is 20.4. The number of aryl methyl sites for hydroxylation is 2. The zero-order chi connectivity index (χ0) is 14.1. The van der Waals surface area contributed by atoms with Gasteiger partial charge in [-0.3, -0.25) is 4.90 Å². The summed E-state index contributed by atoms with van der Waals surface area (Å²) < 4.78 is 5.87. The Hall–Kier alpha value is -1.17. The van der Waals surface area contributed by atoms with Crippen LogP contribution < -0.4 is 5.32 Å². The molecule has 5 heteroatoms.